The quantitative estimate of drug-likeness (QED) is 0.862. The number of rotatable bonds is 3. The summed E-state index contributed by atoms with van der Waals surface area (Å²) < 4.78 is 5.05. The lowest BCUT2D eigenvalue weighted by molar-refractivity contribution is -0.146. The van der Waals surface area contributed by atoms with Crippen molar-refractivity contribution in [1.29, 1.82) is 0 Å². The predicted octanol–water partition coefficient (Wildman–Crippen LogP) is 3.23. The van der Waals surface area contributed by atoms with Gasteiger partial charge >= 0.3 is 5.97 Å². The van der Waals surface area contributed by atoms with E-state index in [4.69, 9.17) is 4.74 Å². The number of aryl methyl sites for hydroxylation is 1. The van der Waals surface area contributed by atoms with Crippen LogP contribution < -0.4 is 5.32 Å². The van der Waals surface area contributed by atoms with E-state index in [2.05, 4.69) is 31.3 Å². The van der Waals surface area contributed by atoms with Crippen molar-refractivity contribution in [1.82, 2.24) is 0 Å². The minimum Gasteiger partial charge on any atom is -0.467 e. The third-order valence-corrected chi connectivity index (χ3v) is 5.14. The smallest absolute Gasteiger partial charge is 0.332 e. The summed E-state index contributed by atoms with van der Waals surface area (Å²) in [5, 5.41) is 3.64. The Kier molecular flexibility index (Phi) is 4.40. The Morgan fingerprint density at radius 2 is 2.32 bits per heavy atom. The van der Waals surface area contributed by atoms with E-state index >= 15 is 0 Å². The number of nitrogens with one attached hydrogen (secondary N) is 1. The normalized spacial score (nSPS) is 26.8. The molecule has 1 aromatic rings. The number of benzene rings is 1. The third-order valence-electron chi connectivity index (χ3n) is 3.71. The topological polar surface area (TPSA) is 38.3 Å². The number of anilines is 1. The molecular weight excluding hydrogens is 258 g/mol. The molecular formula is C15H21NO2S. The van der Waals surface area contributed by atoms with Crippen molar-refractivity contribution < 1.29 is 9.53 Å². The molecule has 1 fully saturated rings. The first-order valence-electron chi connectivity index (χ1n) is 6.63. The summed E-state index contributed by atoms with van der Waals surface area (Å²) >= 11 is 1.83. The van der Waals surface area contributed by atoms with E-state index in [-0.39, 0.29) is 11.2 Å². The molecule has 3 nitrogen and oxygen atoms in total. The first-order chi connectivity index (χ1) is 9.08. The molecule has 1 N–H and O–H groups in total. The van der Waals surface area contributed by atoms with Gasteiger partial charge in [-0.15, -0.1) is 0 Å². The van der Waals surface area contributed by atoms with Gasteiger partial charge < -0.3 is 10.1 Å². The second-order valence-corrected chi connectivity index (χ2v) is 6.52. The SMILES string of the molecule is COC(=O)C1(Nc2cccc(C)c2)CCCSC1C. The van der Waals surface area contributed by atoms with Crippen LogP contribution in [0.4, 0.5) is 5.69 Å². The van der Waals surface area contributed by atoms with Crippen molar-refractivity contribution in [2.45, 2.75) is 37.5 Å². The molecule has 1 heterocycles. The molecule has 1 aliphatic rings. The van der Waals surface area contributed by atoms with E-state index in [0.29, 0.717) is 0 Å². The van der Waals surface area contributed by atoms with Crippen LogP contribution in [0.25, 0.3) is 0 Å². The summed E-state index contributed by atoms with van der Waals surface area (Å²) in [6.07, 6.45) is 1.85. The lowest BCUT2D eigenvalue weighted by atomic mass is 9.89. The largest absolute Gasteiger partial charge is 0.467 e. The van der Waals surface area contributed by atoms with Gasteiger partial charge in [-0.05, 0) is 43.2 Å². The predicted molar refractivity (Wildman–Crippen MR) is 80.7 cm³/mol. The Bertz CT molecular complexity index is 463. The van der Waals surface area contributed by atoms with Crippen LogP contribution >= 0.6 is 11.8 Å². The van der Waals surface area contributed by atoms with E-state index in [1.165, 1.54) is 12.7 Å². The Hall–Kier alpha value is -1.16. The average molecular weight is 279 g/mol. The van der Waals surface area contributed by atoms with Crippen molar-refractivity contribution in [3.8, 4) is 0 Å². The number of methoxy groups -OCH3 is 1. The first-order valence-corrected chi connectivity index (χ1v) is 7.68. The van der Waals surface area contributed by atoms with Crippen LogP contribution in [0, 0.1) is 6.92 Å². The van der Waals surface area contributed by atoms with Crippen molar-refractivity contribution in [3.05, 3.63) is 29.8 Å². The zero-order valence-corrected chi connectivity index (χ0v) is 12.5. The van der Waals surface area contributed by atoms with Gasteiger partial charge in [0.25, 0.3) is 0 Å². The van der Waals surface area contributed by atoms with Crippen LogP contribution in [-0.4, -0.2) is 29.6 Å². The fraction of sp³-hybridized carbons (Fsp3) is 0.533. The molecule has 2 atom stereocenters. The second-order valence-electron chi connectivity index (χ2n) is 5.07. The van der Waals surface area contributed by atoms with Gasteiger partial charge in [0.05, 0.1) is 7.11 Å². The fourth-order valence-corrected chi connectivity index (χ4v) is 3.82. The Morgan fingerprint density at radius 3 is 2.95 bits per heavy atom. The molecule has 19 heavy (non-hydrogen) atoms. The number of hydrogen-bond donors (Lipinski definition) is 1. The van der Waals surface area contributed by atoms with Gasteiger partial charge in [-0.2, -0.15) is 11.8 Å². The second kappa shape index (κ2) is 5.87. The minimum atomic E-state index is -0.606. The molecule has 1 saturated heterocycles. The highest BCUT2D eigenvalue weighted by Gasteiger charge is 2.46. The zero-order chi connectivity index (χ0) is 13.9. The van der Waals surface area contributed by atoms with E-state index in [1.54, 1.807) is 0 Å². The van der Waals surface area contributed by atoms with Gasteiger partial charge in [-0.1, -0.05) is 19.1 Å². The number of esters is 1. The molecule has 2 rings (SSSR count). The van der Waals surface area contributed by atoms with Crippen LogP contribution in [0.3, 0.4) is 0 Å². The highest BCUT2D eigenvalue weighted by Crippen LogP contribution is 2.37. The molecule has 104 valence electrons. The van der Waals surface area contributed by atoms with Crippen LogP contribution in [0.5, 0.6) is 0 Å². The number of carbonyl (C=O) groups excluding carboxylic acids is 1. The minimum absolute atomic E-state index is 0.159. The average Bonchev–Trinajstić information content (AvgIpc) is 2.40. The van der Waals surface area contributed by atoms with E-state index in [1.807, 2.05) is 23.9 Å². The van der Waals surface area contributed by atoms with Crippen molar-refractivity contribution >= 4 is 23.4 Å². The summed E-state index contributed by atoms with van der Waals surface area (Å²) in [5.41, 5.74) is 1.56. The highest BCUT2D eigenvalue weighted by atomic mass is 32.2. The lowest BCUT2D eigenvalue weighted by Gasteiger charge is -2.40. The molecule has 0 aromatic heterocycles. The molecule has 1 aromatic carbocycles. The van der Waals surface area contributed by atoms with Gasteiger partial charge in [0.15, 0.2) is 0 Å². The third kappa shape index (κ3) is 2.89. The molecule has 0 aliphatic carbocycles. The lowest BCUT2D eigenvalue weighted by Crippen LogP contribution is -2.55. The molecule has 1 aliphatic heterocycles. The molecule has 0 bridgehead atoms. The standard InChI is InChI=1S/C15H21NO2S/c1-11-6-4-7-13(10-11)16-15(14(17)18-3)8-5-9-19-12(15)2/h4,6-7,10,12,16H,5,8-9H2,1-3H3. The molecule has 0 radical (unpaired) electrons. The number of hydrogen-bond acceptors (Lipinski definition) is 4. The van der Waals surface area contributed by atoms with Gasteiger partial charge in [0, 0.05) is 10.9 Å². The maximum atomic E-state index is 12.3. The summed E-state index contributed by atoms with van der Waals surface area (Å²) in [6, 6.07) is 8.12. The van der Waals surface area contributed by atoms with Gasteiger partial charge in [0.2, 0.25) is 0 Å². The Labute approximate surface area is 119 Å². The molecule has 0 saturated carbocycles. The zero-order valence-electron chi connectivity index (χ0n) is 11.7. The van der Waals surface area contributed by atoms with E-state index in [9.17, 15) is 4.79 Å². The van der Waals surface area contributed by atoms with Crippen LogP contribution in [0.15, 0.2) is 24.3 Å². The first kappa shape index (κ1) is 14.3. The maximum absolute atomic E-state index is 12.3. The summed E-state index contributed by atoms with van der Waals surface area (Å²) in [5.74, 6) is 0.948. The molecule has 0 amide bonds. The highest BCUT2D eigenvalue weighted by molar-refractivity contribution is 8.00. The summed E-state index contributed by atoms with van der Waals surface area (Å²) in [7, 11) is 1.47. The van der Waals surface area contributed by atoms with Crippen LogP contribution in [0.1, 0.15) is 25.3 Å². The molecule has 0 spiro atoms. The van der Waals surface area contributed by atoms with Gasteiger partial charge in [-0.25, -0.2) is 4.79 Å². The van der Waals surface area contributed by atoms with Gasteiger partial charge in [-0.3, -0.25) is 0 Å². The van der Waals surface area contributed by atoms with Crippen molar-refractivity contribution in [2.75, 3.05) is 18.2 Å². The monoisotopic (exact) mass is 279 g/mol. The number of carbonyl (C=O) groups is 1. The fourth-order valence-electron chi connectivity index (χ4n) is 2.60. The van der Waals surface area contributed by atoms with E-state index in [0.717, 1.165) is 24.3 Å². The summed E-state index contributed by atoms with van der Waals surface area (Å²) in [4.78, 5) is 12.3. The maximum Gasteiger partial charge on any atom is 0.332 e. The molecule has 2 unspecified atom stereocenters. The van der Waals surface area contributed by atoms with Crippen molar-refractivity contribution in [2.24, 2.45) is 0 Å². The Morgan fingerprint density at radius 1 is 1.53 bits per heavy atom. The van der Waals surface area contributed by atoms with Crippen LogP contribution in [-0.2, 0) is 9.53 Å². The van der Waals surface area contributed by atoms with E-state index < -0.39 is 5.54 Å². The van der Waals surface area contributed by atoms with Gasteiger partial charge in [0.1, 0.15) is 5.54 Å². The van der Waals surface area contributed by atoms with Crippen molar-refractivity contribution in [3.63, 3.8) is 0 Å². The number of thioether (sulfide) groups is 1. The number of ether oxygens (including phenoxy) is 1. The van der Waals surface area contributed by atoms with Crippen LogP contribution in [0.2, 0.25) is 0 Å². The molecule has 4 heteroatoms. The summed E-state index contributed by atoms with van der Waals surface area (Å²) in [6.45, 7) is 4.15. The Balaban J connectivity index is 2.30.